The highest BCUT2D eigenvalue weighted by molar-refractivity contribution is 6.33. The van der Waals surface area contributed by atoms with Crippen LogP contribution in [0.25, 0.3) is 0 Å². The van der Waals surface area contributed by atoms with Gasteiger partial charge in [-0.3, -0.25) is 0 Å². The molecular formula is C17H24Cl2O2. The Bertz CT molecular complexity index is 468. The van der Waals surface area contributed by atoms with E-state index in [4.69, 9.17) is 27.9 Å². The molecule has 1 aliphatic carbocycles. The smallest absolute Gasteiger partial charge is 0.0943 e. The van der Waals surface area contributed by atoms with Crippen molar-refractivity contribution < 1.29 is 9.84 Å². The molecule has 1 aromatic rings. The average molecular weight is 331 g/mol. The van der Waals surface area contributed by atoms with E-state index in [0.717, 1.165) is 31.2 Å². The van der Waals surface area contributed by atoms with E-state index in [9.17, 15) is 5.11 Å². The molecule has 0 aromatic heterocycles. The Hall–Kier alpha value is -0.280. The first-order chi connectivity index (χ1) is 9.97. The third-order valence-corrected chi connectivity index (χ3v) is 5.18. The summed E-state index contributed by atoms with van der Waals surface area (Å²) in [5.74, 6) is 0.709. The lowest BCUT2D eigenvalue weighted by atomic mass is 9.75. The molecule has 21 heavy (non-hydrogen) atoms. The zero-order valence-electron chi connectivity index (χ0n) is 12.7. The van der Waals surface area contributed by atoms with Gasteiger partial charge in [-0.25, -0.2) is 0 Å². The summed E-state index contributed by atoms with van der Waals surface area (Å²) in [6, 6.07) is 5.38. The second-order valence-electron chi connectivity index (χ2n) is 6.14. The van der Waals surface area contributed by atoms with Crippen LogP contribution in [0.3, 0.4) is 0 Å². The Balaban J connectivity index is 2.15. The van der Waals surface area contributed by atoms with Crippen molar-refractivity contribution in [3.63, 3.8) is 0 Å². The summed E-state index contributed by atoms with van der Waals surface area (Å²) in [6.45, 7) is 4.86. The van der Waals surface area contributed by atoms with Crippen LogP contribution in [0, 0.1) is 5.92 Å². The van der Waals surface area contributed by atoms with Gasteiger partial charge in [0.05, 0.1) is 11.7 Å². The summed E-state index contributed by atoms with van der Waals surface area (Å²) < 4.78 is 6.00. The van der Waals surface area contributed by atoms with Gasteiger partial charge >= 0.3 is 0 Å². The van der Waals surface area contributed by atoms with E-state index in [-0.39, 0.29) is 0 Å². The Kier molecular flexibility index (Phi) is 5.96. The molecule has 0 saturated heterocycles. The summed E-state index contributed by atoms with van der Waals surface area (Å²) in [6.07, 6.45) is 3.93. The molecule has 0 bridgehead atoms. The van der Waals surface area contributed by atoms with E-state index >= 15 is 0 Å². The maximum absolute atomic E-state index is 10.8. The van der Waals surface area contributed by atoms with Gasteiger partial charge in [-0.15, -0.1) is 0 Å². The van der Waals surface area contributed by atoms with Crippen LogP contribution in [0.5, 0.6) is 0 Å². The predicted molar refractivity (Wildman–Crippen MR) is 88.2 cm³/mol. The summed E-state index contributed by atoms with van der Waals surface area (Å²) in [5.41, 5.74) is 0.446. The first-order valence-electron chi connectivity index (χ1n) is 7.73. The van der Waals surface area contributed by atoms with Crippen LogP contribution in [-0.2, 0) is 11.2 Å². The monoisotopic (exact) mass is 330 g/mol. The minimum Gasteiger partial charge on any atom is -0.390 e. The summed E-state index contributed by atoms with van der Waals surface area (Å²) in [5, 5.41) is 12.1. The Labute approximate surface area is 137 Å². The molecule has 2 nitrogen and oxygen atoms in total. The quantitative estimate of drug-likeness (QED) is 0.833. The first-order valence-corrected chi connectivity index (χ1v) is 8.48. The minimum absolute atomic E-state index is 0.438. The normalized spacial score (nSPS) is 27.6. The van der Waals surface area contributed by atoms with Gasteiger partial charge < -0.3 is 9.84 Å². The van der Waals surface area contributed by atoms with Gasteiger partial charge in [0, 0.05) is 23.1 Å². The van der Waals surface area contributed by atoms with Crippen molar-refractivity contribution in [3.8, 4) is 0 Å². The number of rotatable bonds is 5. The molecule has 1 saturated carbocycles. The first kappa shape index (κ1) is 17.1. The van der Waals surface area contributed by atoms with Crippen LogP contribution in [0.15, 0.2) is 18.2 Å². The fourth-order valence-electron chi connectivity index (χ4n) is 3.21. The highest BCUT2D eigenvalue weighted by Gasteiger charge is 2.41. The fourth-order valence-corrected chi connectivity index (χ4v) is 3.60. The van der Waals surface area contributed by atoms with E-state index in [1.54, 1.807) is 12.1 Å². The predicted octanol–water partition coefficient (Wildman–Crippen LogP) is 4.88. The van der Waals surface area contributed by atoms with Crippen LogP contribution in [0.4, 0.5) is 0 Å². The molecule has 0 radical (unpaired) electrons. The van der Waals surface area contributed by atoms with Crippen molar-refractivity contribution in [2.24, 2.45) is 5.92 Å². The number of aliphatic hydroxyl groups excluding tert-OH is 1. The third-order valence-electron chi connectivity index (χ3n) is 4.58. The largest absolute Gasteiger partial charge is 0.390 e. The lowest BCUT2D eigenvalue weighted by Gasteiger charge is -2.42. The van der Waals surface area contributed by atoms with Gasteiger partial charge in [0.1, 0.15) is 0 Å². The number of benzene rings is 1. The molecule has 1 aromatic carbocycles. The molecule has 0 heterocycles. The standard InChI is InChI=1S/C17H24Cl2O2/c1-3-21-17(8-6-12(2)7-9-17)16(20)11-13-10-14(18)4-5-15(13)19/h4-5,10,12,16,20H,3,6-9,11H2,1-2H3. The zero-order valence-corrected chi connectivity index (χ0v) is 14.3. The fraction of sp³-hybridized carbons (Fsp3) is 0.647. The van der Waals surface area contributed by atoms with Gasteiger partial charge in [0.15, 0.2) is 0 Å². The molecule has 4 heteroatoms. The third kappa shape index (κ3) is 4.13. The van der Waals surface area contributed by atoms with E-state index < -0.39 is 11.7 Å². The Morgan fingerprint density at radius 3 is 2.62 bits per heavy atom. The van der Waals surface area contributed by atoms with E-state index in [2.05, 4.69) is 6.92 Å². The van der Waals surface area contributed by atoms with Crippen molar-refractivity contribution in [1.29, 1.82) is 0 Å². The van der Waals surface area contributed by atoms with Crippen molar-refractivity contribution in [2.45, 2.75) is 57.7 Å². The zero-order chi connectivity index (χ0) is 15.5. The maximum Gasteiger partial charge on any atom is 0.0943 e. The molecule has 1 atom stereocenters. The van der Waals surface area contributed by atoms with Crippen LogP contribution >= 0.6 is 23.2 Å². The number of aliphatic hydroxyl groups is 1. The molecule has 1 aliphatic rings. The van der Waals surface area contributed by atoms with Gasteiger partial charge in [-0.2, -0.15) is 0 Å². The summed E-state index contributed by atoms with van der Waals surface area (Å²) in [4.78, 5) is 0. The molecule has 1 N–H and O–H groups in total. The van der Waals surface area contributed by atoms with E-state index in [0.29, 0.717) is 29.0 Å². The van der Waals surface area contributed by atoms with Crippen molar-refractivity contribution in [2.75, 3.05) is 6.61 Å². The lowest BCUT2D eigenvalue weighted by molar-refractivity contribution is -0.143. The average Bonchev–Trinajstić information content (AvgIpc) is 2.46. The lowest BCUT2D eigenvalue weighted by Crippen LogP contribution is -2.48. The van der Waals surface area contributed by atoms with Crippen LogP contribution in [0.1, 0.15) is 45.1 Å². The van der Waals surface area contributed by atoms with Crippen LogP contribution in [0.2, 0.25) is 10.0 Å². The van der Waals surface area contributed by atoms with Gasteiger partial charge in [0.2, 0.25) is 0 Å². The molecule has 2 rings (SSSR count). The van der Waals surface area contributed by atoms with Crippen LogP contribution in [-0.4, -0.2) is 23.4 Å². The number of hydrogen-bond acceptors (Lipinski definition) is 2. The SMILES string of the molecule is CCOC1(C(O)Cc2cc(Cl)ccc2Cl)CCC(C)CC1. The molecular weight excluding hydrogens is 307 g/mol. The highest BCUT2D eigenvalue weighted by atomic mass is 35.5. The summed E-state index contributed by atoms with van der Waals surface area (Å²) in [7, 11) is 0. The van der Waals surface area contributed by atoms with E-state index in [1.165, 1.54) is 0 Å². The van der Waals surface area contributed by atoms with Crippen molar-refractivity contribution in [1.82, 2.24) is 0 Å². The molecule has 0 spiro atoms. The molecule has 1 fully saturated rings. The highest BCUT2D eigenvalue weighted by Crippen LogP contribution is 2.39. The van der Waals surface area contributed by atoms with Crippen molar-refractivity contribution in [3.05, 3.63) is 33.8 Å². The topological polar surface area (TPSA) is 29.5 Å². The Morgan fingerprint density at radius 1 is 1.33 bits per heavy atom. The molecule has 118 valence electrons. The molecule has 1 unspecified atom stereocenters. The minimum atomic E-state index is -0.555. The van der Waals surface area contributed by atoms with Crippen LogP contribution < -0.4 is 0 Å². The second kappa shape index (κ2) is 7.32. The number of halogens is 2. The van der Waals surface area contributed by atoms with E-state index in [1.807, 2.05) is 13.0 Å². The Morgan fingerprint density at radius 2 is 2.00 bits per heavy atom. The molecule has 0 amide bonds. The second-order valence-corrected chi connectivity index (χ2v) is 6.98. The van der Waals surface area contributed by atoms with Gasteiger partial charge in [0.25, 0.3) is 0 Å². The van der Waals surface area contributed by atoms with Crippen molar-refractivity contribution >= 4 is 23.2 Å². The number of hydrogen-bond donors (Lipinski definition) is 1. The number of ether oxygens (including phenoxy) is 1. The summed E-state index contributed by atoms with van der Waals surface area (Å²) >= 11 is 12.2. The van der Waals surface area contributed by atoms with Gasteiger partial charge in [-0.05, 0) is 62.3 Å². The maximum atomic E-state index is 10.8. The molecule has 0 aliphatic heterocycles. The van der Waals surface area contributed by atoms with Gasteiger partial charge in [-0.1, -0.05) is 30.1 Å².